The van der Waals surface area contributed by atoms with Gasteiger partial charge < -0.3 is 66.9 Å². The first-order valence-electron chi connectivity index (χ1n) is 23.7. The highest BCUT2D eigenvalue weighted by molar-refractivity contribution is 5.65. The van der Waals surface area contributed by atoms with E-state index >= 15 is 0 Å². The average Bonchev–Trinajstić information content (AvgIpc) is 3.30. The van der Waals surface area contributed by atoms with Crippen LogP contribution < -0.4 is 5.32 Å². The summed E-state index contributed by atoms with van der Waals surface area (Å²) in [5.74, 6) is 0. The number of benzene rings is 1. The number of non-ortho nitro benzene ring substituents is 1. The summed E-state index contributed by atoms with van der Waals surface area (Å²) in [7, 11) is 0. The molecule has 1 aromatic carbocycles. The SMILES string of the molecule is CCCCCCCCCCCCCOCCOCCOCCOCCOCCOCCOCCOCCOCCOCCOCCOCCOCCNc1ccc([N+](=O)[O-])cc1[N+](=O)[O-]. The van der Waals surface area contributed by atoms with Gasteiger partial charge in [-0.15, -0.1) is 0 Å². The molecule has 380 valence electrons. The molecule has 0 fully saturated rings. The van der Waals surface area contributed by atoms with Crippen molar-refractivity contribution in [3.63, 3.8) is 0 Å². The van der Waals surface area contributed by atoms with Gasteiger partial charge in [-0.25, -0.2) is 0 Å². The molecular formula is C45H83N3O17. The van der Waals surface area contributed by atoms with Gasteiger partial charge in [-0.3, -0.25) is 20.2 Å². The number of anilines is 1. The van der Waals surface area contributed by atoms with E-state index in [0.29, 0.717) is 159 Å². The summed E-state index contributed by atoms with van der Waals surface area (Å²) < 4.78 is 71.6. The Labute approximate surface area is 387 Å². The predicted molar refractivity (Wildman–Crippen MR) is 245 cm³/mol. The third-order valence-electron chi connectivity index (χ3n) is 9.31. The first-order chi connectivity index (χ1) is 32.1. The monoisotopic (exact) mass is 938 g/mol. The van der Waals surface area contributed by atoms with Crippen LogP contribution in [0.5, 0.6) is 0 Å². The van der Waals surface area contributed by atoms with Gasteiger partial charge in [-0.1, -0.05) is 71.1 Å². The Kier molecular flexibility index (Phi) is 45.7. The van der Waals surface area contributed by atoms with Crippen molar-refractivity contribution in [2.75, 3.05) is 184 Å². The fraction of sp³-hybridized carbons (Fsp3) is 0.867. The van der Waals surface area contributed by atoms with E-state index in [1.165, 1.54) is 76.3 Å². The Hall–Kier alpha value is -2.70. The summed E-state index contributed by atoms with van der Waals surface area (Å²) in [4.78, 5) is 20.7. The first-order valence-corrected chi connectivity index (χ1v) is 23.7. The number of ether oxygens (including phenoxy) is 13. The van der Waals surface area contributed by atoms with Crippen LogP contribution in [0.25, 0.3) is 0 Å². The Morgan fingerprint density at radius 3 is 0.938 bits per heavy atom. The van der Waals surface area contributed by atoms with E-state index in [1.807, 2.05) is 0 Å². The van der Waals surface area contributed by atoms with Gasteiger partial charge in [0.1, 0.15) is 5.69 Å². The highest BCUT2D eigenvalue weighted by Gasteiger charge is 2.19. The van der Waals surface area contributed by atoms with Gasteiger partial charge in [-0.2, -0.15) is 0 Å². The van der Waals surface area contributed by atoms with Crippen LogP contribution in [0.1, 0.15) is 77.6 Å². The summed E-state index contributed by atoms with van der Waals surface area (Å²) in [5, 5.41) is 24.9. The molecule has 0 spiro atoms. The van der Waals surface area contributed by atoms with Crippen LogP contribution in [-0.2, 0) is 61.6 Å². The molecule has 20 heteroatoms. The topological polar surface area (TPSA) is 218 Å². The minimum atomic E-state index is -0.680. The average molecular weight is 938 g/mol. The van der Waals surface area contributed by atoms with E-state index in [1.54, 1.807) is 0 Å². The molecule has 0 aliphatic heterocycles. The molecule has 1 rings (SSSR count). The molecule has 0 radical (unpaired) electrons. The molecule has 0 saturated carbocycles. The van der Waals surface area contributed by atoms with Crippen LogP contribution in [-0.4, -0.2) is 188 Å². The Morgan fingerprint density at radius 1 is 0.369 bits per heavy atom. The molecule has 20 nitrogen and oxygen atoms in total. The third kappa shape index (κ3) is 42.4. The van der Waals surface area contributed by atoms with Crippen molar-refractivity contribution in [2.45, 2.75) is 77.6 Å². The quantitative estimate of drug-likeness (QED) is 0.0422. The second-order valence-corrected chi connectivity index (χ2v) is 14.6. The van der Waals surface area contributed by atoms with Crippen molar-refractivity contribution in [1.29, 1.82) is 0 Å². The van der Waals surface area contributed by atoms with E-state index in [2.05, 4.69) is 12.2 Å². The fourth-order valence-electron chi connectivity index (χ4n) is 5.80. The van der Waals surface area contributed by atoms with Crippen molar-refractivity contribution in [3.05, 3.63) is 38.4 Å². The molecule has 1 aromatic rings. The number of rotatable bonds is 54. The van der Waals surface area contributed by atoms with Gasteiger partial charge in [0, 0.05) is 19.2 Å². The highest BCUT2D eigenvalue weighted by Crippen LogP contribution is 2.28. The molecule has 0 bridgehead atoms. The van der Waals surface area contributed by atoms with Crippen molar-refractivity contribution in [2.24, 2.45) is 0 Å². The van der Waals surface area contributed by atoms with Crippen molar-refractivity contribution >= 4 is 17.1 Å². The largest absolute Gasteiger partial charge is 0.379 e. The molecule has 0 aliphatic carbocycles. The molecule has 0 atom stereocenters. The Morgan fingerprint density at radius 2 is 0.646 bits per heavy atom. The summed E-state index contributed by atoms with van der Waals surface area (Å²) in [6, 6.07) is 3.43. The van der Waals surface area contributed by atoms with Gasteiger partial charge in [-0.05, 0) is 12.5 Å². The van der Waals surface area contributed by atoms with Crippen LogP contribution in [0.3, 0.4) is 0 Å². The normalized spacial score (nSPS) is 11.5. The number of nitro benzene ring substituents is 2. The smallest absolute Gasteiger partial charge is 0.299 e. The van der Waals surface area contributed by atoms with Crippen LogP contribution in [0.4, 0.5) is 17.1 Å². The maximum absolute atomic E-state index is 11.2. The standard InChI is InChI=1S/C45H83N3O17/c1-2-3-4-5-6-7-8-9-10-11-12-16-53-18-20-55-22-24-57-26-28-59-30-32-61-34-36-63-38-40-65-41-39-64-37-35-62-33-31-60-29-27-58-25-23-56-21-19-54-17-15-46-44-14-13-43(47(49)50)42-45(44)48(51)52/h13-14,42,46H,2-12,15-41H2,1H3. The Bertz CT molecular complexity index is 1190. The first kappa shape index (κ1) is 60.3. The van der Waals surface area contributed by atoms with Crippen LogP contribution >= 0.6 is 0 Å². The predicted octanol–water partition coefficient (Wildman–Crippen LogP) is 6.44. The second-order valence-electron chi connectivity index (χ2n) is 14.6. The fourth-order valence-corrected chi connectivity index (χ4v) is 5.80. The number of nitrogens with one attached hydrogen (secondary N) is 1. The molecule has 0 amide bonds. The lowest BCUT2D eigenvalue weighted by atomic mass is 10.1. The zero-order valence-electron chi connectivity index (χ0n) is 39.4. The number of hydrogen-bond acceptors (Lipinski definition) is 18. The minimum Gasteiger partial charge on any atom is -0.379 e. The number of unbranched alkanes of at least 4 members (excludes halogenated alkanes) is 10. The number of hydrogen-bond donors (Lipinski definition) is 1. The molecule has 0 unspecified atom stereocenters. The summed E-state index contributed by atoms with van der Waals surface area (Å²) >= 11 is 0. The molecular weight excluding hydrogens is 854 g/mol. The minimum absolute atomic E-state index is 0.185. The van der Waals surface area contributed by atoms with Gasteiger partial charge in [0.25, 0.3) is 11.4 Å². The van der Waals surface area contributed by atoms with Crippen molar-refractivity contribution < 1.29 is 71.4 Å². The molecule has 0 aliphatic rings. The van der Waals surface area contributed by atoms with E-state index in [0.717, 1.165) is 19.1 Å². The molecule has 0 aromatic heterocycles. The number of nitrogens with zero attached hydrogens (tertiary/aromatic N) is 2. The third-order valence-corrected chi connectivity index (χ3v) is 9.31. The van der Waals surface area contributed by atoms with E-state index in [9.17, 15) is 20.2 Å². The van der Waals surface area contributed by atoms with E-state index < -0.39 is 9.85 Å². The Balaban J connectivity index is 1.65. The summed E-state index contributed by atoms with van der Waals surface area (Å²) in [5.41, 5.74) is -0.527. The zero-order valence-corrected chi connectivity index (χ0v) is 39.4. The zero-order chi connectivity index (χ0) is 46.8. The van der Waals surface area contributed by atoms with E-state index in [-0.39, 0.29) is 30.2 Å². The second kappa shape index (κ2) is 49.2. The number of nitro groups is 2. The lowest BCUT2D eigenvalue weighted by molar-refractivity contribution is -0.393. The summed E-state index contributed by atoms with van der Waals surface area (Å²) in [6.07, 6.45) is 14.8. The van der Waals surface area contributed by atoms with Gasteiger partial charge in [0.05, 0.1) is 181 Å². The van der Waals surface area contributed by atoms with Gasteiger partial charge in [0.15, 0.2) is 0 Å². The van der Waals surface area contributed by atoms with E-state index in [4.69, 9.17) is 61.6 Å². The van der Waals surface area contributed by atoms with Gasteiger partial charge >= 0.3 is 0 Å². The lowest BCUT2D eigenvalue weighted by Crippen LogP contribution is -2.16. The molecule has 65 heavy (non-hydrogen) atoms. The van der Waals surface area contributed by atoms with Crippen molar-refractivity contribution in [3.8, 4) is 0 Å². The van der Waals surface area contributed by atoms with Gasteiger partial charge in [0.2, 0.25) is 0 Å². The lowest BCUT2D eigenvalue weighted by Gasteiger charge is -2.09. The van der Waals surface area contributed by atoms with Crippen LogP contribution in [0.2, 0.25) is 0 Å². The molecule has 0 saturated heterocycles. The molecule has 0 heterocycles. The maximum Gasteiger partial charge on any atom is 0.299 e. The maximum atomic E-state index is 11.2. The van der Waals surface area contributed by atoms with Crippen molar-refractivity contribution in [1.82, 2.24) is 0 Å². The highest BCUT2D eigenvalue weighted by atomic mass is 16.6. The van der Waals surface area contributed by atoms with Crippen LogP contribution in [0, 0.1) is 20.2 Å². The summed E-state index contributed by atoms with van der Waals surface area (Å²) in [6.45, 7) is 15.2. The van der Waals surface area contributed by atoms with Crippen LogP contribution in [0.15, 0.2) is 18.2 Å². The molecule has 1 N–H and O–H groups in total.